The van der Waals surface area contributed by atoms with E-state index in [1.807, 2.05) is 0 Å². The van der Waals surface area contributed by atoms with Crippen LogP contribution >= 0.6 is 0 Å². The van der Waals surface area contributed by atoms with E-state index in [4.69, 9.17) is 0 Å². The summed E-state index contributed by atoms with van der Waals surface area (Å²) < 4.78 is 241. The van der Waals surface area contributed by atoms with Crippen LogP contribution in [0.4, 0.5) is 70.2 Å². The van der Waals surface area contributed by atoms with Crippen molar-refractivity contribution < 1.29 is 87.3 Å². The van der Waals surface area contributed by atoms with Crippen molar-refractivity contribution >= 4 is 87.2 Å². The fourth-order valence-electron chi connectivity index (χ4n) is 9.01. The first-order valence-corrected chi connectivity index (χ1v) is 20.2. The Morgan fingerprint density at radius 3 is 0.548 bits per heavy atom. The molecule has 11 aromatic rings. The van der Waals surface area contributed by atoms with Gasteiger partial charge in [0.05, 0.1) is 23.3 Å². The van der Waals surface area contributed by atoms with Gasteiger partial charge in [-0.2, -0.15) is 0 Å². The van der Waals surface area contributed by atoms with Crippen LogP contribution in [0.25, 0.3) is 133 Å². The maximum Gasteiger partial charge on any atom is 2.00 e. The van der Waals surface area contributed by atoms with Crippen molar-refractivity contribution in [2.45, 2.75) is 0 Å². The standard InChI is InChI=1S/C48H8F16N8.Cu/c49-25-9-1-17-18(2-10(9)26(50)34(58)33(25)57)42-65-41(17)69-43-19-3-11-12(28(52)36(60)35(59)27(11)51)4-20(19)45(66-43)71-47-23-7-15-16(32(56)40(64)39(63)31(15)55)8-24(23)48(68-47)72-46-22-6-14-13(5-21(22)44(67-46)70-42)29(53)37(61)38(62)30(14)54;/h1-8H;/q-2;+2. The second kappa shape index (κ2) is 15.3. The van der Waals surface area contributed by atoms with Crippen molar-refractivity contribution in [1.82, 2.24) is 39.9 Å². The molecule has 5 heterocycles. The van der Waals surface area contributed by atoms with E-state index in [-0.39, 0.29) is 60.9 Å². The van der Waals surface area contributed by atoms with Gasteiger partial charge in [0.1, 0.15) is 0 Å². The molecule has 8 nitrogen and oxygen atoms in total. The Bertz CT molecular complexity index is 4100. The molecule has 8 bridgehead atoms. The predicted molar refractivity (Wildman–Crippen MR) is 223 cm³/mol. The zero-order valence-electron chi connectivity index (χ0n) is 34.5. The fraction of sp³-hybridized carbons (Fsp3) is 0. The molecule has 25 heteroatoms. The predicted octanol–water partition coefficient (Wildman–Crippen LogP) is 13.0. The Labute approximate surface area is 400 Å². The molecule has 0 saturated carbocycles. The maximum absolute atomic E-state index is 15.4. The first-order chi connectivity index (χ1) is 34.3. The van der Waals surface area contributed by atoms with Gasteiger partial charge in [0.2, 0.25) is 0 Å². The number of halogens is 16. The molecule has 0 saturated heterocycles. The summed E-state index contributed by atoms with van der Waals surface area (Å²) in [5.41, 5.74) is -3.82. The summed E-state index contributed by atoms with van der Waals surface area (Å²) in [6.07, 6.45) is 0. The monoisotopic (exact) mass is 1060 g/mol. The molecule has 0 amide bonds. The Morgan fingerprint density at radius 2 is 0.370 bits per heavy atom. The minimum Gasteiger partial charge on any atom is -0.357 e. The van der Waals surface area contributed by atoms with E-state index in [1.54, 1.807) is 0 Å². The minimum absolute atomic E-state index is 0. The van der Waals surface area contributed by atoms with E-state index in [0.29, 0.717) is 0 Å². The van der Waals surface area contributed by atoms with Gasteiger partial charge in [-0.05, 0) is 70.1 Å². The van der Waals surface area contributed by atoms with Crippen LogP contribution in [0.1, 0.15) is 0 Å². The molecule has 0 spiro atoms. The first kappa shape index (κ1) is 45.7. The minimum atomic E-state index is -2.22. The average Bonchev–Trinajstić information content (AvgIpc) is 4.11. The molecule has 3 aromatic heterocycles. The SMILES string of the molecule is Fc1c(F)c(F)c2cc3c(cc2c1F)-c1nc-3nc2[n-]c(nc3nc(nc4[n-]c(n1)c1cc5c(F)c(F)c(F)c(F)c5cc41)-c1cc4c(F)c(F)c(F)c(F)c4cc1-3)c1cc3c(F)c(F)c(F)c(F)c3cc21.[Cu+2]. The van der Waals surface area contributed by atoms with E-state index < -0.39 is 182 Å². The van der Waals surface area contributed by atoms with Crippen LogP contribution < -0.4 is 9.97 Å². The zero-order chi connectivity index (χ0) is 50.4. The van der Waals surface area contributed by atoms with Crippen LogP contribution in [-0.2, 0) is 17.1 Å². The van der Waals surface area contributed by atoms with Gasteiger partial charge in [0.25, 0.3) is 0 Å². The van der Waals surface area contributed by atoms with Gasteiger partial charge in [-0.15, -0.1) is 0 Å². The van der Waals surface area contributed by atoms with Crippen LogP contribution in [0.3, 0.4) is 0 Å². The molecule has 2 aliphatic rings. The number of benzene rings is 8. The van der Waals surface area contributed by atoms with E-state index in [9.17, 15) is 35.1 Å². The van der Waals surface area contributed by atoms with E-state index in [2.05, 4.69) is 39.9 Å². The van der Waals surface area contributed by atoms with Crippen molar-refractivity contribution in [3.05, 3.63) is 142 Å². The van der Waals surface area contributed by atoms with E-state index in [0.717, 1.165) is 48.5 Å². The number of rotatable bonds is 0. The third kappa shape index (κ3) is 6.05. The van der Waals surface area contributed by atoms with Crippen molar-refractivity contribution in [2.75, 3.05) is 0 Å². The largest absolute Gasteiger partial charge is 2.00 e. The first-order valence-electron chi connectivity index (χ1n) is 20.2. The van der Waals surface area contributed by atoms with Crippen LogP contribution in [0.2, 0.25) is 0 Å². The second-order valence-corrected chi connectivity index (χ2v) is 16.3. The van der Waals surface area contributed by atoms with Crippen LogP contribution in [-0.4, -0.2) is 29.9 Å². The molecule has 1 radical (unpaired) electrons. The molecule has 363 valence electrons. The van der Waals surface area contributed by atoms with Gasteiger partial charge in [-0.3, -0.25) is 0 Å². The maximum atomic E-state index is 15.4. The molecule has 13 rings (SSSR count). The smallest absolute Gasteiger partial charge is 0.357 e. The Morgan fingerprint density at radius 1 is 0.205 bits per heavy atom. The topological polar surface area (TPSA) is 106 Å². The molecule has 0 aliphatic carbocycles. The molecule has 8 aromatic carbocycles. The summed E-state index contributed by atoms with van der Waals surface area (Å²) in [6.45, 7) is 0. The molecule has 2 aliphatic heterocycles. The Balaban J connectivity index is 0.00000543. The van der Waals surface area contributed by atoms with Crippen LogP contribution in [0.5, 0.6) is 0 Å². The van der Waals surface area contributed by atoms with E-state index in [1.165, 1.54) is 0 Å². The summed E-state index contributed by atoms with van der Waals surface area (Å²) in [5.74, 6) is -35.3. The molecule has 0 N–H and O–H groups in total. The number of nitrogens with zero attached hydrogens (tertiary/aromatic N) is 8. The van der Waals surface area contributed by atoms with Gasteiger partial charge in [-0.25, -0.2) is 80.2 Å². The van der Waals surface area contributed by atoms with Gasteiger partial charge in [-0.1, -0.05) is 0 Å². The van der Waals surface area contributed by atoms with Gasteiger partial charge in [0, 0.05) is 87.9 Å². The molecule has 73 heavy (non-hydrogen) atoms. The normalized spacial score (nSPS) is 12.3. The molecule has 0 fully saturated rings. The van der Waals surface area contributed by atoms with E-state index >= 15 is 35.1 Å². The third-order valence-electron chi connectivity index (χ3n) is 12.5. The molecular weight excluding hydrogens is 1060 g/mol. The summed E-state index contributed by atoms with van der Waals surface area (Å²) in [7, 11) is 0. The zero-order valence-corrected chi connectivity index (χ0v) is 35.5. The third-order valence-corrected chi connectivity index (χ3v) is 12.5. The summed E-state index contributed by atoms with van der Waals surface area (Å²) >= 11 is 0. The Hall–Kier alpha value is -8.44. The van der Waals surface area contributed by atoms with Crippen molar-refractivity contribution in [3.63, 3.8) is 0 Å². The van der Waals surface area contributed by atoms with Crippen LogP contribution in [0, 0.1) is 93.1 Å². The molecular formula is C48H8CuF16N8. The number of aromatic nitrogens is 8. The van der Waals surface area contributed by atoms with Crippen LogP contribution in [0.15, 0.2) is 48.5 Å². The number of hydrogen-bond donors (Lipinski definition) is 0. The van der Waals surface area contributed by atoms with Crippen molar-refractivity contribution in [1.29, 1.82) is 0 Å². The van der Waals surface area contributed by atoms with Gasteiger partial charge >= 0.3 is 17.1 Å². The van der Waals surface area contributed by atoms with Gasteiger partial charge in [0.15, 0.2) is 93.1 Å². The van der Waals surface area contributed by atoms with Crippen molar-refractivity contribution in [3.8, 4) is 45.6 Å². The summed E-state index contributed by atoms with van der Waals surface area (Å²) in [4.78, 5) is 35.0. The number of hydrogen-bond acceptors (Lipinski definition) is 6. The summed E-state index contributed by atoms with van der Waals surface area (Å²) in [5, 5.41) is -8.50. The molecule has 0 atom stereocenters. The Kier molecular flexibility index (Phi) is 9.57. The fourth-order valence-corrected chi connectivity index (χ4v) is 9.01. The quantitative estimate of drug-likeness (QED) is 0.0640. The average molecular weight is 1060 g/mol. The number of fused-ring (bicyclic) bond motifs is 24. The van der Waals surface area contributed by atoms with Gasteiger partial charge < -0.3 is 29.9 Å². The van der Waals surface area contributed by atoms with Crippen molar-refractivity contribution in [2.24, 2.45) is 0 Å². The second-order valence-electron chi connectivity index (χ2n) is 16.3. The molecule has 0 unspecified atom stereocenters. The summed E-state index contributed by atoms with van der Waals surface area (Å²) in [6, 6.07) is 6.16.